The summed E-state index contributed by atoms with van der Waals surface area (Å²) >= 11 is 0. The minimum atomic E-state index is -0.861. The first-order valence-electron chi connectivity index (χ1n) is 11.0. The van der Waals surface area contributed by atoms with Gasteiger partial charge in [-0.1, -0.05) is 36.4 Å². The maximum atomic E-state index is 11.8. The zero-order valence-corrected chi connectivity index (χ0v) is 19.2. The first kappa shape index (κ1) is 22.5. The van der Waals surface area contributed by atoms with Crippen molar-refractivity contribution in [2.24, 2.45) is 0 Å². The molecule has 178 valence electrons. The fraction of sp³-hybridized carbons (Fsp3) is 0.346. The predicted molar refractivity (Wildman–Crippen MR) is 123 cm³/mol. The third-order valence-corrected chi connectivity index (χ3v) is 6.07. The molecule has 8 nitrogen and oxygen atoms in total. The second-order valence-electron chi connectivity index (χ2n) is 8.09. The molecule has 3 aromatic carbocycles. The molecule has 1 fully saturated rings. The summed E-state index contributed by atoms with van der Waals surface area (Å²) in [6, 6.07) is 17.7. The van der Waals surface area contributed by atoms with Gasteiger partial charge < -0.3 is 33.2 Å². The molecule has 34 heavy (non-hydrogen) atoms. The number of hydrogen-bond donors (Lipinski definition) is 0. The molecule has 0 N–H and O–H groups in total. The van der Waals surface area contributed by atoms with Crippen LogP contribution in [0.25, 0.3) is 21.9 Å². The van der Waals surface area contributed by atoms with Crippen LogP contribution in [0.4, 0.5) is 0 Å². The number of methoxy groups -OCH3 is 2. The monoisotopic (exact) mass is 466 g/mol. The van der Waals surface area contributed by atoms with Gasteiger partial charge in [0, 0.05) is 26.5 Å². The average Bonchev–Trinajstić information content (AvgIpc) is 3.32. The minimum absolute atomic E-state index is 0.226. The van der Waals surface area contributed by atoms with E-state index in [1.807, 2.05) is 54.6 Å². The Labute approximate surface area is 197 Å². The maximum Gasteiger partial charge on any atom is 0.303 e. The van der Waals surface area contributed by atoms with Gasteiger partial charge in [-0.2, -0.15) is 0 Å². The third kappa shape index (κ3) is 4.16. The molecule has 8 heteroatoms. The lowest BCUT2D eigenvalue weighted by Gasteiger charge is -2.40. The fourth-order valence-corrected chi connectivity index (χ4v) is 4.46. The van der Waals surface area contributed by atoms with E-state index in [-0.39, 0.29) is 19.5 Å². The van der Waals surface area contributed by atoms with Gasteiger partial charge in [-0.05, 0) is 34.7 Å². The number of rotatable bonds is 6. The van der Waals surface area contributed by atoms with E-state index < -0.39 is 24.5 Å². The molecule has 0 radical (unpaired) electrons. The molecule has 2 aliphatic heterocycles. The smallest absolute Gasteiger partial charge is 0.303 e. The Morgan fingerprint density at radius 2 is 1.71 bits per heavy atom. The van der Waals surface area contributed by atoms with Crippen molar-refractivity contribution in [2.75, 3.05) is 27.6 Å². The van der Waals surface area contributed by atoms with Crippen LogP contribution in [0.5, 0.6) is 17.2 Å². The molecule has 0 saturated carbocycles. The van der Waals surface area contributed by atoms with Gasteiger partial charge in [0.2, 0.25) is 13.1 Å². The molecule has 0 aromatic heterocycles. The Hall–Kier alpha value is -3.33. The van der Waals surface area contributed by atoms with E-state index in [1.54, 1.807) is 14.2 Å². The van der Waals surface area contributed by atoms with Crippen molar-refractivity contribution in [1.82, 2.24) is 0 Å². The summed E-state index contributed by atoms with van der Waals surface area (Å²) in [5.74, 6) is 1.61. The van der Waals surface area contributed by atoms with Crippen LogP contribution in [0.3, 0.4) is 0 Å². The summed E-state index contributed by atoms with van der Waals surface area (Å²) in [6.45, 7) is 1.81. The lowest BCUT2D eigenvalue weighted by molar-refractivity contribution is -0.259. The van der Waals surface area contributed by atoms with Gasteiger partial charge in [0.1, 0.15) is 18.0 Å². The van der Waals surface area contributed by atoms with E-state index in [2.05, 4.69) is 0 Å². The second-order valence-corrected chi connectivity index (χ2v) is 8.09. The molecule has 1 saturated heterocycles. The molecule has 0 bridgehead atoms. The summed E-state index contributed by atoms with van der Waals surface area (Å²) in [4.78, 5) is 11.8. The zero-order valence-electron chi connectivity index (χ0n) is 19.2. The zero-order chi connectivity index (χ0) is 23.7. The molecular formula is C26H26O8. The highest BCUT2D eigenvalue weighted by Gasteiger charge is 2.45. The number of fused-ring (bicyclic) bond motifs is 2. The summed E-state index contributed by atoms with van der Waals surface area (Å²) in [5.41, 5.74) is 2.03. The molecule has 0 spiro atoms. The van der Waals surface area contributed by atoms with Crippen LogP contribution in [-0.4, -0.2) is 58.2 Å². The molecule has 0 aliphatic carbocycles. The van der Waals surface area contributed by atoms with Crippen molar-refractivity contribution in [3.63, 3.8) is 0 Å². The number of esters is 1. The third-order valence-electron chi connectivity index (χ3n) is 6.07. The van der Waals surface area contributed by atoms with E-state index in [1.165, 1.54) is 6.92 Å². The maximum absolute atomic E-state index is 11.8. The standard InChI is InChI=1S/C26H26O8/c1-15(27)33-25-24(29-3)23(28-2)13-30-26(25)34-20-11-9-17(18-6-4-5-7-19(18)20)16-8-10-21-22(12-16)32-14-31-21/h4-12,23-26H,13-14H2,1-3H3/t23-,24+,25-,26?/m1/s1. The van der Waals surface area contributed by atoms with Crippen molar-refractivity contribution in [1.29, 1.82) is 0 Å². The van der Waals surface area contributed by atoms with E-state index in [0.717, 1.165) is 33.4 Å². The topological polar surface area (TPSA) is 81.7 Å². The van der Waals surface area contributed by atoms with Crippen molar-refractivity contribution in [3.05, 3.63) is 54.6 Å². The average molecular weight is 466 g/mol. The number of hydrogen-bond acceptors (Lipinski definition) is 8. The highest BCUT2D eigenvalue weighted by molar-refractivity contribution is 6.00. The Morgan fingerprint density at radius 1 is 0.912 bits per heavy atom. The van der Waals surface area contributed by atoms with Crippen molar-refractivity contribution >= 4 is 16.7 Å². The number of carbonyl (C=O) groups excluding carboxylic acids is 1. The van der Waals surface area contributed by atoms with Crippen molar-refractivity contribution < 1.29 is 38.0 Å². The summed E-state index contributed by atoms with van der Waals surface area (Å²) in [6.07, 6.45) is -2.58. The highest BCUT2D eigenvalue weighted by Crippen LogP contribution is 2.40. The van der Waals surface area contributed by atoms with Crippen LogP contribution in [0, 0.1) is 0 Å². The molecule has 0 amide bonds. The molecule has 2 aliphatic rings. The largest absolute Gasteiger partial charge is 0.460 e. The van der Waals surface area contributed by atoms with Crippen molar-refractivity contribution in [2.45, 2.75) is 31.5 Å². The Morgan fingerprint density at radius 3 is 2.47 bits per heavy atom. The molecule has 1 unspecified atom stereocenters. The molecule has 5 rings (SSSR count). The molecule has 2 heterocycles. The van der Waals surface area contributed by atoms with E-state index in [0.29, 0.717) is 5.75 Å². The van der Waals surface area contributed by atoms with Gasteiger partial charge in [-0.3, -0.25) is 4.79 Å². The normalized spacial score (nSPS) is 23.6. The van der Waals surface area contributed by atoms with Crippen LogP contribution >= 0.6 is 0 Å². The van der Waals surface area contributed by atoms with Gasteiger partial charge in [-0.25, -0.2) is 0 Å². The SMILES string of the molecule is CO[C@H]1[C@H](OC)COC(Oc2ccc(-c3ccc4c(c3)OCO4)c3ccccc23)[C@@H]1OC(C)=O. The molecular weight excluding hydrogens is 440 g/mol. The van der Waals surface area contributed by atoms with Gasteiger partial charge >= 0.3 is 5.97 Å². The van der Waals surface area contributed by atoms with Crippen LogP contribution in [0.15, 0.2) is 54.6 Å². The van der Waals surface area contributed by atoms with E-state index in [9.17, 15) is 4.79 Å². The Bertz CT molecular complexity index is 1190. The van der Waals surface area contributed by atoms with E-state index >= 15 is 0 Å². The summed E-state index contributed by atoms with van der Waals surface area (Å²) in [7, 11) is 3.11. The van der Waals surface area contributed by atoms with Gasteiger partial charge in [0.25, 0.3) is 0 Å². The lowest BCUT2D eigenvalue weighted by Crippen LogP contribution is -2.57. The fourth-order valence-electron chi connectivity index (χ4n) is 4.46. The Balaban J connectivity index is 1.50. The van der Waals surface area contributed by atoms with Crippen LogP contribution in [0.1, 0.15) is 6.92 Å². The number of carbonyl (C=O) groups is 1. The quantitative estimate of drug-likeness (QED) is 0.506. The second kappa shape index (κ2) is 9.50. The van der Waals surface area contributed by atoms with Gasteiger partial charge in [0.15, 0.2) is 17.6 Å². The number of ether oxygens (including phenoxy) is 7. The minimum Gasteiger partial charge on any atom is -0.460 e. The molecule has 4 atom stereocenters. The summed E-state index contributed by atoms with van der Waals surface area (Å²) in [5, 5.41) is 1.89. The van der Waals surface area contributed by atoms with Crippen LogP contribution < -0.4 is 14.2 Å². The predicted octanol–water partition coefficient (Wildman–Crippen LogP) is 3.93. The van der Waals surface area contributed by atoms with Crippen molar-refractivity contribution in [3.8, 4) is 28.4 Å². The number of benzene rings is 3. The van der Waals surface area contributed by atoms with Crippen LogP contribution in [0.2, 0.25) is 0 Å². The Kier molecular flexibility index (Phi) is 6.28. The first-order valence-corrected chi connectivity index (χ1v) is 11.0. The van der Waals surface area contributed by atoms with Gasteiger partial charge in [0.05, 0.1) is 6.61 Å². The van der Waals surface area contributed by atoms with Gasteiger partial charge in [-0.15, -0.1) is 0 Å². The first-order chi connectivity index (χ1) is 16.6. The highest BCUT2D eigenvalue weighted by atomic mass is 16.7. The molecule has 3 aromatic rings. The lowest BCUT2D eigenvalue weighted by atomic mass is 9.97. The summed E-state index contributed by atoms with van der Waals surface area (Å²) < 4.78 is 39.8. The van der Waals surface area contributed by atoms with E-state index in [4.69, 9.17) is 33.2 Å². The van der Waals surface area contributed by atoms with Crippen LogP contribution in [-0.2, 0) is 23.7 Å².